The average Bonchev–Trinajstić information content (AvgIpc) is 3.32. The number of carbonyl (C=O) groups excluding carboxylic acids is 2. The Morgan fingerprint density at radius 1 is 1.07 bits per heavy atom. The molecule has 1 atom stereocenters. The summed E-state index contributed by atoms with van der Waals surface area (Å²) in [6.07, 6.45) is 0.440. The Kier molecular flexibility index (Phi) is 6.08. The smallest absolute Gasteiger partial charge is 0.262 e. The van der Waals surface area contributed by atoms with E-state index in [-0.39, 0.29) is 11.8 Å². The SMILES string of the molecule is Cc1ccc(CNC(=O)[C@H](Cc2ccccc2)NC(=O)c2cccs2)n1C. The molecule has 0 saturated heterocycles. The van der Waals surface area contributed by atoms with E-state index in [0.717, 1.165) is 17.0 Å². The Labute approximate surface area is 163 Å². The van der Waals surface area contributed by atoms with E-state index < -0.39 is 6.04 Å². The van der Waals surface area contributed by atoms with E-state index in [1.807, 2.05) is 72.4 Å². The molecule has 0 aliphatic rings. The summed E-state index contributed by atoms with van der Waals surface area (Å²) in [7, 11) is 1.97. The molecule has 2 amide bonds. The normalized spacial score (nSPS) is 11.8. The number of carbonyl (C=O) groups is 2. The van der Waals surface area contributed by atoms with Gasteiger partial charge in [0, 0.05) is 24.9 Å². The summed E-state index contributed by atoms with van der Waals surface area (Å²) in [5.41, 5.74) is 3.15. The van der Waals surface area contributed by atoms with Crippen molar-refractivity contribution in [2.24, 2.45) is 7.05 Å². The quantitative estimate of drug-likeness (QED) is 0.661. The maximum Gasteiger partial charge on any atom is 0.262 e. The summed E-state index contributed by atoms with van der Waals surface area (Å²) < 4.78 is 2.04. The highest BCUT2D eigenvalue weighted by atomic mass is 32.1. The fourth-order valence-corrected chi connectivity index (χ4v) is 3.47. The van der Waals surface area contributed by atoms with Gasteiger partial charge < -0.3 is 15.2 Å². The minimum absolute atomic E-state index is 0.192. The van der Waals surface area contributed by atoms with Crippen LogP contribution in [0.15, 0.2) is 60.0 Å². The van der Waals surface area contributed by atoms with Crippen molar-refractivity contribution < 1.29 is 9.59 Å². The van der Waals surface area contributed by atoms with Crippen molar-refractivity contribution in [2.75, 3.05) is 0 Å². The molecule has 3 rings (SSSR count). The number of hydrogen-bond acceptors (Lipinski definition) is 3. The third kappa shape index (κ3) is 4.86. The Bertz CT molecular complexity index is 901. The maximum absolute atomic E-state index is 12.8. The molecule has 0 fully saturated rings. The molecule has 0 unspecified atom stereocenters. The second kappa shape index (κ2) is 8.68. The lowest BCUT2D eigenvalue weighted by Gasteiger charge is -2.18. The molecule has 1 aromatic carbocycles. The zero-order valence-corrected chi connectivity index (χ0v) is 16.3. The first-order valence-corrected chi connectivity index (χ1v) is 9.70. The zero-order valence-electron chi connectivity index (χ0n) is 15.4. The molecule has 27 heavy (non-hydrogen) atoms. The van der Waals surface area contributed by atoms with Crippen LogP contribution < -0.4 is 10.6 Å². The number of aromatic nitrogens is 1. The molecule has 0 spiro atoms. The number of amides is 2. The van der Waals surface area contributed by atoms with E-state index in [0.29, 0.717) is 17.8 Å². The number of hydrogen-bond donors (Lipinski definition) is 2. The van der Waals surface area contributed by atoms with Crippen LogP contribution in [0.4, 0.5) is 0 Å². The molecule has 6 heteroatoms. The van der Waals surface area contributed by atoms with Gasteiger partial charge >= 0.3 is 0 Å². The van der Waals surface area contributed by atoms with Gasteiger partial charge in [-0.1, -0.05) is 36.4 Å². The van der Waals surface area contributed by atoms with E-state index in [9.17, 15) is 9.59 Å². The van der Waals surface area contributed by atoms with E-state index in [1.54, 1.807) is 6.07 Å². The number of aryl methyl sites for hydroxylation is 1. The van der Waals surface area contributed by atoms with Crippen LogP contribution in [-0.2, 0) is 24.8 Å². The lowest BCUT2D eigenvalue weighted by Crippen LogP contribution is -2.47. The third-order valence-electron chi connectivity index (χ3n) is 4.57. The predicted molar refractivity (Wildman–Crippen MR) is 108 cm³/mol. The second-order valence-electron chi connectivity index (χ2n) is 6.44. The highest BCUT2D eigenvalue weighted by Crippen LogP contribution is 2.11. The van der Waals surface area contributed by atoms with Crippen molar-refractivity contribution in [1.29, 1.82) is 0 Å². The fourth-order valence-electron chi connectivity index (χ4n) is 2.84. The van der Waals surface area contributed by atoms with Gasteiger partial charge in [-0.2, -0.15) is 0 Å². The minimum atomic E-state index is -0.636. The van der Waals surface area contributed by atoms with Crippen molar-refractivity contribution in [1.82, 2.24) is 15.2 Å². The monoisotopic (exact) mass is 381 g/mol. The van der Waals surface area contributed by atoms with Crippen LogP contribution in [0, 0.1) is 6.92 Å². The summed E-state index contributed by atoms with van der Waals surface area (Å²) in [5.74, 6) is -0.418. The fraction of sp³-hybridized carbons (Fsp3) is 0.238. The van der Waals surface area contributed by atoms with Gasteiger partial charge in [0.05, 0.1) is 11.4 Å². The van der Waals surface area contributed by atoms with Crippen LogP contribution in [0.3, 0.4) is 0 Å². The lowest BCUT2D eigenvalue weighted by atomic mass is 10.1. The van der Waals surface area contributed by atoms with Crippen molar-refractivity contribution in [2.45, 2.75) is 25.9 Å². The van der Waals surface area contributed by atoms with Gasteiger partial charge in [-0.15, -0.1) is 11.3 Å². The van der Waals surface area contributed by atoms with Gasteiger partial charge in [-0.05, 0) is 36.1 Å². The lowest BCUT2D eigenvalue weighted by molar-refractivity contribution is -0.123. The molecular formula is C21H23N3O2S. The van der Waals surface area contributed by atoms with E-state index >= 15 is 0 Å². The molecule has 0 saturated carbocycles. The Hall–Kier alpha value is -2.86. The molecule has 0 radical (unpaired) electrons. The molecule has 0 bridgehead atoms. The van der Waals surface area contributed by atoms with Crippen molar-refractivity contribution >= 4 is 23.2 Å². The molecular weight excluding hydrogens is 358 g/mol. The van der Waals surface area contributed by atoms with Gasteiger partial charge in [0.15, 0.2) is 0 Å². The molecule has 140 valence electrons. The van der Waals surface area contributed by atoms with Crippen LogP contribution in [0.1, 0.15) is 26.6 Å². The first-order valence-electron chi connectivity index (χ1n) is 8.82. The number of rotatable bonds is 7. The van der Waals surface area contributed by atoms with Gasteiger partial charge in [-0.3, -0.25) is 9.59 Å². The topological polar surface area (TPSA) is 63.1 Å². The molecule has 2 heterocycles. The van der Waals surface area contributed by atoms with Crippen molar-refractivity contribution in [3.8, 4) is 0 Å². The first-order chi connectivity index (χ1) is 13.0. The van der Waals surface area contributed by atoms with Crippen LogP contribution in [-0.4, -0.2) is 22.4 Å². The summed E-state index contributed by atoms with van der Waals surface area (Å²) in [5, 5.41) is 7.68. The van der Waals surface area contributed by atoms with Gasteiger partial charge in [0.1, 0.15) is 6.04 Å². The first kappa shape index (κ1) is 18.9. The summed E-state index contributed by atoms with van der Waals surface area (Å²) in [4.78, 5) is 25.9. The Morgan fingerprint density at radius 3 is 2.48 bits per heavy atom. The Morgan fingerprint density at radius 2 is 1.85 bits per heavy atom. The van der Waals surface area contributed by atoms with Crippen LogP contribution in [0.5, 0.6) is 0 Å². The van der Waals surface area contributed by atoms with Gasteiger partial charge in [0.25, 0.3) is 5.91 Å². The zero-order chi connectivity index (χ0) is 19.2. The number of nitrogens with one attached hydrogen (secondary N) is 2. The van der Waals surface area contributed by atoms with Crippen molar-refractivity contribution in [3.05, 3.63) is 81.8 Å². The largest absolute Gasteiger partial charge is 0.350 e. The van der Waals surface area contributed by atoms with Crippen molar-refractivity contribution in [3.63, 3.8) is 0 Å². The van der Waals surface area contributed by atoms with Crippen LogP contribution in [0.2, 0.25) is 0 Å². The maximum atomic E-state index is 12.8. The molecule has 2 aromatic heterocycles. The average molecular weight is 382 g/mol. The van der Waals surface area contributed by atoms with E-state index in [4.69, 9.17) is 0 Å². The van der Waals surface area contributed by atoms with E-state index in [1.165, 1.54) is 11.3 Å². The summed E-state index contributed by atoms with van der Waals surface area (Å²) in [6.45, 7) is 2.44. The number of benzene rings is 1. The molecule has 3 aromatic rings. The summed E-state index contributed by atoms with van der Waals surface area (Å²) in [6, 6.07) is 16.7. The number of thiophene rings is 1. The molecule has 0 aliphatic carbocycles. The van der Waals surface area contributed by atoms with Gasteiger partial charge in [-0.25, -0.2) is 0 Å². The van der Waals surface area contributed by atoms with Crippen LogP contribution >= 0.6 is 11.3 Å². The third-order valence-corrected chi connectivity index (χ3v) is 5.44. The molecule has 2 N–H and O–H groups in total. The van der Waals surface area contributed by atoms with Crippen LogP contribution in [0.25, 0.3) is 0 Å². The molecule has 5 nitrogen and oxygen atoms in total. The van der Waals surface area contributed by atoms with E-state index in [2.05, 4.69) is 10.6 Å². The highest BCUT2D eigenvalue weighted by molar-refractivity contribution is 7.12. The molecule has 0 aliphatic heterocycles. The highest BCUT2D eigenvalue weighted by Gasteiger charge is 2.22. The minimum Gasteiger partial charge on any atom is -0.350 e. The standard InChI is InChI=1S/C21H23N3O2S/c1-15-10-11-17(24(15)2)14-22-20(25)18(13-16-7-4-3-5-8-16)23-21(26)19-9-6-12-27-19/h3-12,18H,13-14H2,1-2H3,(H,22,25)(H,23,26)/t18-/m0/s1. The van der Waals surface area contributed by atoms with Gasteiger partial charge in [0.2, 0.25) is 5.91 Å². The number of nitrogens with zero attached hydrogens (tertiary/aromatic N) is 1. The summed E-state index contributed by atoms with van der Waals surface area (Å²) >= 11 is 1.36. The second-order valence-corrected chi connectivity index (χ2v) is 7.38. The predicted octanol–water partition coefficient (Wildman–Crippen LogP) is 3.05. The Balaban J connectivity index is 1.70.